The van der Waals surface area contributed by atoms with Gasteiger partial charge in [-0.3, -0.25) is 9.59 Å². The van der Waals surface area contributed by atoms with Crippen molar-refractivity contribution in [3.05, 3.63) is 25.3 Å². The molecule has 0 aromatic rings. The van der Waals surface area contributed by atoms with Gasteiger partial charge in [-0.15, -0.1) is 13.2 Å². The van der Waals surface area contributed by atoms with Gasteiger partial charge in [-0.05, 0) is 0 Å². The zero-order valence-electron chi connectivity index (χ0n) is 6.51. The molecular formula is C9H12O2. The number of allylic oxidation sites excluding steroid dienone is 2. The van der Waals surface area contributed by atoms with E-state index in [1.807, 2.05) is 0 Å². The van der Waals surface area contributed by atoms with Gasteiger partial charge >= 0.3 is 0 Å². The molecule has 0 heterocycles. The molecule has 2 heteroatoms. The summed E-state index contributed by atoms with van der Waals surface area (Å²) in [5.41, 5.74) is 0. The Morgan fingerprint density at radius 1 is 1.00 bits per heavy atom. The zero-order chi connectivity index (χ0) is 8.69. The molecule has 0 spiro atoms. The minimum atomic E-state index is -0.0770. The maximum atomic E-state index is 10.8. The quantitative estimate of drug-likeness (QED) is 0.428. The lowest BCUT2D eigenvalue weighted by molar-refractivity contribution is -0.126. The molecule has 0 atom stereocenters. The van der Waals surface area contributed by atoms with Crippen molar-refractivity contribution >= 4 is 11.6 Å². The van der Waals surface area contributed by atoms with Crippen LogP contribution in [0.15, 0.2) is 25.3 Å². The number of Topliss-reactive ketones (excluding diaryl/α,β-unsaturated/α-hetero) is 2. The van der Waals surface area contributed by atoms with Crippen molar-refractivity contribution in [3.63, 3.8) is 0 Å². The van der Waals surface area contributed by atoms with Gasteiger partial charge in [0, 0.05) is 12.8 Å². The first-order valence-electron chi connectivity index (χ1n) is 3.46. The molecule has 0 aliphatic carbocycles. The van der Waals surface area contributed by atoms with Gasteiger partial charge in [-0.25, -0.2) is 0 Å². The molecule has 0 unspecified atom stereocenters. The Morgan fingerprint density at radius 3 is 1.64 bits per heavy atom. The van der Waals surface area contributed by atoms with Gasteiger partial charge in [-0.2, -0.15) is 0 Å². The number of carbonyl (C=O) groups is 2. The monoisotopic (exact) mass is 152 g/mol. The molecule has 11 heavy (non-hydrogen) atoms. The van der Waals surface area contributed by atoms with Gasteiger partial charge in [0.2, 0.25) is 0 Å². The van der Waals surface area contributed by atoms with E-state index in [-0.39, 0.29) is 30.8 Å². The molecule has 0 fully saturated rings. The van der Waals surface area contributed by atoms with E-state index >= 15 is 0 Å². The second kappa shape index (κ2) is 5.59. The lowest BCUT2D eigenvalue weighted by Crippen LogP contribution is -2.05. The van der Waals surface area contributed by atoms with E-state index in [2.05, 4.69) is 13.2 Å². The number of ketones is 2. The lowest BCUT2D eigenvalue weighted by Gasteiger charge is -1.93. The third kappa shape index (κ3) is 5.27. The topological polar surface area (TPSA) is 34.1 Å². The Morgan fingerprint density at radius 2 is 1.36 bits per heavy atom. The third-order valence-electron chi connectivity index (χ3n) is 1.14. The fraction of sp³-hybridized carbons (Fsp3) is 0.333. The highest BCUT2D eigenvalue weighted by atomic mass is 16.1. The van der Waals surface area contributed by atoms with E-state index in [0.717, 1.165) is 0 Å². The van der Waals surface area contributed by atoms with Crippen molar-refractivity contribution in [1.29, 1.82) is 0 Å². The zero-order valence-corrected chi connectivity index (χ0v) is 6.51. The Bertz CT molecular complexity index is 160. The first-order valence-corrected chi connectivity index (χ1v) is 3.46. The van der Waals surface area contributed by atoms with Gasteiger partial charge in [0.15, 0.2) is 0 Å². The molecule has 0 aromatic carbocycles. The minimum absolute atomic E-state index is 0.0119. The first kappa shape index (κ1) is 9.82. The summed E-state index contributed by atoms with van der Waals surface area (Å²) < 4.78 is 0. The highest BCUT2D eigenvalue weighted by molar-refractivity contribution is 5.99. The molecule has 0 amide bonds. The van der Waals surface area contributed by atoms with Crippen molar-refractivity contribution < 1.29 is 9.59 Å². The summed E-state index contributed by atoms with van der Waals surface area (Å²) in [6.07, 6.45) is 3.58. The highest BCUT2D eigenvalue weighted by Crippen LogP contribution is 1.95. The highest BCUT2D eigenvalue weighted by Gasteiger charge is 2.05. The van der Waals surface area contributed by atoms with E-state index in [9.17, 15) is 9.59 Å². The summed E-state index contributed by atoms with van der Waals surface area (Å²) in [7, 11) is 0. The van der Waals surface area contributed by atoms with Crippen LogP contribution < -0.4 is 0 Å². The standard InChI is InChI=1S/C9H12O2/c1-3-5-8(10)7-9(11)6-4-2/h3-4H,1-2,5-7H2. The number of rotatable bonds is 6. The third-order valence-corrected chi connectivity index (χ3v) is 1.14. The molecule has 0 saturated heterocycles. The van der Waals surface area contributed by atoms with E-state index in [1.54, 1.807) is 0 Å². The first-order chi connectivity index (χ1) is 5.20. The maximum absolute atomic E-state index is 10.8. The Kier molecular flexibility index (Phi) is 4.99. The number of hydrogen-bond donors (Lipinski definition) is 0. The summed E-state index contributed by atoms with van der Waals surface area (Å²) >= 11 is 0. The lowest BCUT2D eigenvalue weighted by atomic mass is 10.1. The van der Waals surface area contributed by atoms with Gasteiger partial charge in [-0.1, -0.05) is 12.2 Å². The van der Waals surface area contributed by atoms with Crippen molar-refractivity contribution in [2.24, 2.45) is 0 Å². The maximum Gasteiger partial charge on any atom is 0.143 e. The predicted octanol–water partition coefficient (Wildman–Crippen LogP) is 1.67. The number of hydrogen-bond acceptors (Lipinski definition) is 2. The number of carbonyl (C=O) groups excluding carboxylic acids is 2. The summed E-state index contributed by atoms with van der Waals surface area (Å²) in [6.45, 7) is 6.80. The average Bonchev–Trinajstić information content (AvgIpc) is 1.87. The molecule has 0 aliphatic rings. The van der Waals surface area contributed by atoms with Crippen LogP contribution in [0, 0.1) is 0 Å². The van der Waals surface area contributed by atoms with Crippen molar-refractivity contribution in [3.8, 4) is 0 Å². The molecule has 0 aliphatic heterocycles. The minimum Gasteiger partial charge on any atom is -0.299 e. The largest absolute Gasteiger partial charge is 0.299 e. The molecular weight excluding hydrogens is 140 g/mol. The van der Waals surface area contributed by atoms with E-state index in [0.29, 0.717) is 0 Å². The second-order valence-corrected chi connectivity index (χ2v) is 2.24. The SMILES string of the molecule is C=CCC(=O)CC(=O)CC=C. The molecule has 0 aromatic heterocycles. The molecule has 0 N–H and O–H groups in total. The van der Waals surface area contributed by atoms with Crippen molar-refractivity contribution in [1.82, 2.24) is 0 Å². The molecule has 2 nitrogen and oxygen atoms in total. The van der Waals surface area contributed by atoms with Crippen LogP contribution in [0.3, 0.4) is 0 Å². The van der Waals surface area contributed by atoms with Crippen LogP contribution in [0.5, 0.6) is 0 Å². The molecule has 0 rings (SSSR count). The molecule has 0 bridgehead atoms. The molecule has 0 saturated carbocycles. The van der Waals surface area contributed by atoms with Crippen LogP contribution in [0.25, 0.3) is 0 Å². The molecule has 0 radical (unpaired) electrons. The summed E-state index contributed by atoms with van der Waals surface area (Å²) in [6, 6.07) is 0. The Balaban J connectivity index is 3.65. The van der Waals surface area contributed by atoms with Crippen LogP contribution in [-0.2, 0) is 9.59 Å². The van der Waals surface area contributed by atoms with Crippen LogP contribution in [0.2, 0.25) is 0 Å². The summed E-state index contributed by atoms with van der Waals surface area (Å²) in [4.78, 5) is 21.6. The van der Waals surface area contributed by atoms with Gasteiger partial charge in [0.1, 0.15) is 11.6 Å². The smallest absolute Gasteiger partial charge is 0.143 e. The van der Waals surface area contributed by atoms with Crippen LogP contribution >= 0.6 is 0 Å². The summed E-state index contributed by atoms with van der Waals surface area (Å²) in [5.74, 6) is -0.154. The van der Waals surface area contributed by atoms with Crippen LogP contribution in [0.4, 0.5) is 0 Å². The van der Waals surface area contributed by atoms with Crippen molar-refractivity contribution in [2.45, 2.75) is 19.3 Å². The van der Waals surface area contributed by atoms with Gasteiger partial charge in [0.25, 0.3) is 0 Å². The van der Waals surface area contributed by atoms with Crippen LogP contribution in [-0.4, -0.2) is 11.6 Å². The Labute approximate surface area is 66.6 Å². The van der Waals surface area contributed by atoms with Gasteiger partial charge < -0.3 is 0 Å². The fourth-order valence-electron chi connectivity index (χ4n) is 0.686. The normalized spacial score (nSPS) is 8.73. The van der Waals surface area contributed by atoms with Crippen molar-refractivity contribution in [2.75, 3.05) is 0 Å². The predicted molar refractivity (Wildman–Crippen MR) is 44.3 cm³/mol. The summed E-state index contributed by atoms with van der Waals surface area (Å²) in [5, 5.41) is 0. The van der Waals surface area contributed by atoms with Crippen LogP contribution in [0.1, 0.15) is 19.3 Å². The second-order valence-electron chi connectivity index (χ2n) is 2.24. The average molecular weight is 152 g/mol. The Hall–Kier alpha value is -1.18. The van der Waals surface area contributed by atoms with E-state index in [4.69, 9.17) is 0 Å². The van der Waals surface area contributed by atoms with E-state index in [1.165, 1.54) is 12.2 Å². The van der Waals surface area contributed by atoms with Gasteiger partial charge in [0.05, 0.1) is 6.42 Å². The fourth-order valence-corrected chi connectivity index (χ4v) is 0.686. The van der Waals surface area contributed by atoms with E-state index < -0.39 is 0 Å². The molecule has 60 valence electrons.